The number of ether oxygens (including phenoxy) is 1. The zero-order valence-corrected chi connectivity index (χ0v) is 17.0. The maximum absolute atomic E-state index is 12.4. The molecule has 2 aromatic carbocycles. The van der Waals surface area contributed by atoms with Crippen molar-refractivity contribution in [1.29, 1.82) is 0 Å². The zero-order chi connectivity index (χ0) is 21.5. The van der Waals surface area contributed by atoms with Crippen LogP contribution in [0.1, 0.15) is 11.1 Å². The fourth-order valence-corrected chi connectivity index (χ4v) is 2.91. The summed E-state index contributed by atoms with van der Waals surface area (Å²) in [5.74, 6) is 0.611. The van der Waals surface area contributed by atoms with Gasteiger partial charge in [0, 0.05) is 6.54 Å². The molecule has 0 bridgehead atoms. The lowest BCUT2D eigenvalue weighted by Crippen LogP contribution is -2.46. The number of aromatic nitrogens is 2. The maximum atomic E-state index is 12.4. The summed E-state index contributed by atoms with van der Waals surface area (Å²) in [5, 5.41) is 10.2. The van der Waals surface area contributed by atoms with Crippen LogP contribution in [0.4, 0.5) is 0 Å². The first-order valence-corrected chi connectivity index (χ1v) is 9.57. The first kappa shape index (κ1) is 21.3. The third kappa shape index (κ3) is 6.04. The average molecular weight is 407 g/mol. The highest BCUT2D eigenvalue weighted by atomic mass is 16.5. The van der Waals surface area contributed by atoms with Gasteiger partial charge in [0.1, 0.15) is 29.2 Å². The fourth-order valence-electron chi connectivity index (χ4n) is 2.91. The fraction of sp³-hybridized carbons (Fsp3) is 0.217. The molecule has 0 amide bonds. The van der Waals surface area contributed by atoms with Gasteiger partial charge in [-0.1, -0.05) is 42.5 Å². The van der Waals surface area contributed by atoms with E-state index in [0.717, 1.165) is 11.1 Å². The van der Waals surface area contributed by atoms with Gasteiger partial charge < -0.3 is 24.7 Å². The SMILES string of the molecule is CN(C)CC(O)COc1ccc(C=c2[nH]c(=O)c(=Cc3ccccc3)[nH]c2=O)cc1. The van der Waals surface area contributed by atoms with Crippen molar-refractivity contribution in [3.63, 3.8) is 0 Å². The topological polar surface area (TPSA) is 98.4 Å². The molecule has 0 radical (unpaired) electrons. The van der Waals surface area contributed by atoms with E-state index in [2.05, 4.69) is 9.97 Å². The second-order valence-electron chi connectivity index (χ2n) is 7.23. The highest BCUT2D eigenvalue weighted by molar-refractivity contribution is 5.50. The summed E-state index contributed by atoms with van der Waals surface area (Å²) in [6.45, 7) is 0.702. The molecule has 7 nitrogen and oxygen atoms in total. The van der Waals surface area contributed by atoms with Gasteiger partial charge in [-0.2, -0.15) is 0 Å². The van der Waals surface area contributed by atoms with E-state index in [9.17, 15) is 14.7 Å². The number of hydrogen-bond acceptors (Lipinski definition) is 5. The molecule has 1 unspecified atom stereocenters. The molecule has 1 aromatic heterocycles. The van der Waals surface area contributed by atoms with E-state index in [-0.39, 0.29) is 28.4 Å². The second kappa shape index (κ2) is 9.87. The van der Waals surface area contributed by atoms with E-state index >= 15 is 0 Å². The van der Waals surface area contributed by atoms with Crippen LogP contribution < -0.4 is 26.6 Å². The minimum Gasteiger partial charge on any atom is -0.491 e. The van der Waals surface area contributed by atoms with Crippen molar-refractivity contribution < 1.29 is 9.84 Å². The van der Waals surface area contributed by atoms with E-state index in [1.54, 1.807) is 36.4 Å². The predicted molar refractivity (Wildman–Crippen MR) is 117 cm³/mol. The molecule has 3 rings (SSSR count). The van der Waals surface area contributed by atoms with Gasteiger partial charge in [0.05, 0.1) is 0 Å². The van der Waals surface area contributed by atoms with Gasteiger partial charge in [-0.15, -0.1) is 0 Å². The summed E-state index contributed by atoms with van der Waals surface area (Å²) in [5.41, 5.74) is 0.794. The normalized spacial score (nSPS) is 13.6. The van der Waals surface area contributed by atoms with Gasteiger partial charge >= 0.3 is 0 Å². The molecule has 0 saturated carbocycles. The highest BCUT2D eigenvalue weighted by Gasteiger charge is 2.06. The Balaban J connectivity index is 1.79. The van der Waals surface area contributed by atoms with Crippen LogP contribution in [-0.4, -0.2) is 53.3 Å². The van der Waals surface area contributed by atoms with Gasteiger partial charge in [-0.25, -0.2) is 0 Å². The number of aromatic amines is 2. The lowest BCUT2D eigenvalue weighted by molar-refractivity contribution is 0.0831. The summed E-state index contributed by atoms with van der Waals surface area (Å²) in [4.78, 5) is 31.9. The van der Waals surface area contributed by atoms with E-state index in [4.69, 9.17) is 4.74 Å². The van der Waals surface area contributed by atoms with E-state index in [0.29, 0.717) is 12.3 Å². The molecule has 0 fully saturated rings. The van der Waals surface area contributed by atoms with E-state index < -0.39 is 6.10 Å². The molecular weight excluding hydrogens is 382 g/mol. The number of nitrogens with zero attached hydrogens (tertiary/aromatic N) is 1. The van der Waals surface area contributed by atoms with Crippen LogP contribution in [0.5, 0.6) is 5.75 Å². The summed E-state index contributed by atoms with van der Waals surface area (Å²) in [7, 11) is 3.76. The Morgan fingerprint density at radius 2 is 1.43 bits per heavy atom. The number of benzene rings is 2. The minimum atomic E-state index is -0.582. The zero-order valence-electron chi connectivity index (χ0n) is 17.0. The summed E-state index contributed by atoms with van der Waals surface area (Å²) in [6, 6.07) is 16.3. The Morgan fingerprint density at radius 1 is 0.900 bits per heavy atom. The molecule has 0 aliphatic carbocycles. The van der Waals surface area contributed by atoms with Gasteiger partial charge in [-0.3, -0.25) is 9.59 Å². The number of H-pyrrole nitrogens is 2. The van der Waals surface area contributed by atoms with Crippen LogP contribution in [0.3, 0.4) is 0 Å². The highest BCUT2D eigenvalue weighted by Crippen LogP contribution is 2.12. The smallest absolute Gasteiger partial charge is 0.272 e. The molecule has 0 aliphatic rings. The molecule has 30 heavy (non-hydrogen) atoms. The maximum Gasteiger partial charge on any atom is 0.272 e. The molecule has 7 heteroatoms. The molecule has 1 heterocycles. The van der Waals surface area contributed by atoms with Crippen LogP contribution >= 0.6 is 0 Å². The van der Waals surface area contributed by atoms with Crippen molar-refractivity contribution in [1.82, 2.24) is 14.9 Å². The molecular formula is C23H25N3O4. The number of rotatable bonds is 7. The van der Waals surface area contributed by atoms with Crippen LogP contribution in [0.2, 0.25) is 0 Å². The quantitative estimate of drug-likeness (QED) is 0.513. The van der Waals surface area contributed by atoms with E-state index in [1.165, 1.54) is 0 Å². The standard InChI is InChI=1S/C23H25N3O4/c1-26(2)14-18(27)15-30-19-10-8-17(9-11-19)13-21-23(29)24-20(22(28)25-21)12-16-6-4-3-5-7-16/h3-13,18,27H,14-15H2,1-2H3,(H,24,29)(H,25,28). The Hall–Kier alpha value is -3.42. The van der Waals surface area contributed by atoms with Crippen molar-refractivity contribution >= 4 is 12.2 Å². The number of likely N-dealkylation sites (N-methyl/N-ethyl adjacent to an activating group) is 1. The van der Waals surface area contributed by atoms with Crippen molar-refractivity contribution in [2.75, 3.05) is 27.2 Å². The Kier molecular flexibility index (Phi) is 7.00. The van der Waals surface area contributed by atoms with Crippen molar-refractivity contribution in [3.05, 3.63) is 97.1 Å². The van der Waals surface area contributed by atoms with Crippen LogP contribution in [0, 0.1) is 0 Å². The summed E-state index contributed by atoms with van der Waals surface area (Å²) in [6.07, 6.45) is 2.64. The first-order valence-electron chi connectivity index (χ1n) is 9.57. The molecule has 1 atom stereocenters. The molecule has 156 valence electrons. The van der Waals surface area contributed by atoms with Crippen LogP contribution in [0.15, 0.2) is 64.2 Å². The number of hydrogen-bond donors (Lipinski definition) is 3. The summed E-state index contributed by atoms with van der Waals surface area (Å²) < 4.78 is 5.57. The van der Waals surface area contributed by atoms with E-state index in [1.807, 2.05) is 49.3 Å². The van der Waals surface area contributed by atoms with Crippen LogP contribution in [0.25, 0.3) is 12.2 Å². The largest absolute Gasteiger partial charge is 0.491 e. The summed E-state index contributed by atoms with van der Waals surface area (Å²) >= 11 is 0. The Labute approximate surface area is 173 Å². The molecule has 0 spiro atoms. The van der Waals surface area contributed by atoms with Gasteiger partial charge in [0.15, 0.2) is 0 Å². The first-order chi connectivity index (χ1) is 14.4. The minimum absolute atomic E-state index is 0.167. The van der Waals surface area contributed by atoms with Gasteiger partial charge in [0.2, 0.25) is 0 Å². The molecule has 0 saturated heterocycles. The Morgan fingerprint density at radius 3 is 1.97 bits per heavy atom. The molecule has 3 N–H and O–H groups in total. The van der Waals surface area contributed by atoms with Crippen molar-refractivity contribution in [2.24, 2.45) is 0 Å². The number of nitrogens with one attached hydrogen (secondary N) is 2. The number of aliphatic hydroxyl groups excluding tert-OH is 1. The monoisotopic (exact) mass is 407 g/mol. The predicted octanol–water partition coefficient (Wildman–Crippen LogP) is 0.0221. The third-order valence-corrected chi connectivity index (χ3v) is 4.31. The lowest BCUT2D eigenvalue weighted by Gasteiger charge is -2.16. The Bertz CT molecular complexity index is 1200. The molecule has 3 aromatic rings. The third-order valence-electron chi connectivity index (χ3n) is 4.31. The lowest BCUT2D eigenvalue weighted by atomic mass is 10.2. The molecule has 0 aliphatic heterocycles. The van der Waals surface area contributed by atoms with Gasteiger partial charge in [-0.05, 0) is 49.5 Å². The van der Waals surface area contributed by atoms with Crippen LogP contribution in [-0.2, 0) is 0 Å². The van der Waals surface area contributed by atoms with Crippen molar-refractivity contribution in [3.8, 4) is 5.75 Å². The second-order valence-corrected chi connectivity index (χ2v) is 7.23. The van der Waals surface area contributed by atoms with Gasteiger partial charge in [0.25, 0.3) is 11.1 Å². The van der Waals surface area contributed by atoms with Crippen molar-refractivity contribution in [2.45, 2.75) is 6.10 Å². The average Bonchev–Trinajstić information content (AvgIpc) is 2.71. The number of aliphatic hydroxyl groups is 1.